The molecule has 6 nitrogen and oxygen atoms in total. The summed E-state index contributed by atoms with van der Waals surface area (Å²) in [6, 6.07) is 16.5. The summed E-state index contributed by atoms with van der Waals surface area (Å²) in [4.78, 5) is 8.65. The van der Waals surface area contributed by atoms with Crippen LogP contribution in [0.3, 0.4) is 0 Å². The molecule has 0 spiro atoms. The molecule has 0 amide bonds. The predicted molar refractivity (Wildman–Crippen MR) is 120 cm³/mol. The summed E-state index contributed by atoms with van der Waals surface area (Å²) < 4.78 is 1.74. The van der Waals surface area contributed by atoms with Gasteiger partial charge in [-0.1, -0.05) is 36.4 Å². The largest absolute Gasteiger partial charge is 0.357 e. The van der Waals surface area contributed by atoms with E-state index in [0.717, 1.165) is 30.3 Å². The third-order valence-corrected chi connectivity index (χ3v) is 4.09. The van der Waals surface area contributed by atoms with Gasteiger partial charge < -0.3 is 10.6 Å². The van der Waals surface area contributed by atoms with Crippen molar-refractivity contribution in [2.75, 3.05) is 6.54 Å². The fourth-order valence-electron chi connectivity index (χ4n) is 2.60. The molecule has 0 unspecified atom stereocenters. The van der Waals surface area contributed by atoms with E-state index in [2.05, 4.69) is 76.0 Å². The number of rotatable bonds is 6. The van der Waals surface area contributed by atoms with Crippen LogP contribution < -0.4 is 10.6 Å². The molecule has 3 rings (SSSR count). The molecule has 0 fully saturated rings. The van der Waals surface area contributed by atoms with Crippen molar-refractivity contribution in [3.8, 4) is 5.69 Å². The second-order valence-electron chi connectivity index (χ2n) is 5.98. The minimum atomic E-state index is 0. The van der Waals surface area contributed by atoms with Crippen molar-refractivity contribution in [2.45, 2.75) is 26.9 Å². The van der Waals surface area contributed by atoms with E-state index in [1.807, 2.05) is 12.1 Å². The van der Waals surface area contributed by atoms with Crippen molar-refractivity contribution < 1.29 is 0 Å². The Bertz CT molecular complexity index is 843. The van der Waals surface area contributed by atoms with E-state index < -0.39 is 0 Å². The summed E-state index contributed by atoms with van der Waals surface area (Å²) in [5, 5.41) is 10.8. The molecule has 7 heteroatoms. The van der Waals surface area contributed by atoms with E-state index >= 15 is 0 Å². The molecule has 0 aliphatic rings. The van der Waals surface area contributed by atoms with E-state index in [9.17, 15) is 0 Å². The number of aryl methyl sites for hydroxylation is 1. The Balaban J connectivity index is 0.00000261. The molecule has 1 heterocycles. The fraction of sp³-hybridized carbons (Fsp3) is 0.250. The summed E-state index contributed by atoms with van der Waals surface area (Å²) in [5.74, 6) is 0.816. The van der Waals surface area contributed by atoms with Crippen LogP contribution in [0.2, 0.25) is 0 Å². The highest BCUT2D eigenvalue weighted by Crippen LogP contribution is 2.09. The van der Waals surface area contributed by atoms with Gasteiger partial charge in [0.25, 0.3) is 0 Å². The highest BCUT2D eigenvalue weighted by atomic mass is 127. The third kappa shape index (κ3) is 6.06. The van der Waals surface area contributed by atoms with E-state index in [4.69, 9.17) is 0 Å². The number of guanidine groups is 1. The Hall–Kier alpha value is -2.42. The summed E-state index contributed by atoms with van der Waals surface area (Å²) in [5.41, 5.74) is 4.68. The molecule has 0 aliphatic heterocycles. The van der Waals surface area contributed by atoms with E-state index in [0.29, 0.717) is 6.54 Å². The average molecular weight is 476 g/mol. The van der Waals surface area contributed by atoms with Gasteiger partial charge in [0.05, 0.1) is 12.2 Å². The Morgan fingerprint density at radius 2 is 1.85 bits per heavy atom. The highest BCUT2D eigenvalue weighted by Gasteiger charge is 2.01. The summed E-state index contributed by atoms with van der Waals surface area (Å²) in [6.45, 7) is 6.38. The second kappa shape index (κ2) is 10.7. The smallest absolute Gasteiger partial charge is 0.191 e. The maximum atomic E-state index is 4.68. The molecular formula is C20H25IN6. The minimum absolute atomic E-state index is 0. The van der Waals surface area contributed by atoms with Crippen LogP contribution in [-0.4, -0.2) is 27.3 Å². The summed E-state index contributed by atoms with van der Waals surface area (Å²) in [6.07, 6.45) is 3.22. The number of benzene rings is 2. The van der Waals surface area contributed by atoms with E-state index in [-0.39, 0.29) is 24.0 Å². The van der Waals surface area contributed by atoms with Crippen molar-refractivity contribution in [2.24, 2.45) is 4.99 Å². The SMILES string of the molecule is CCNC(=NCc1ccc(-n2cncn2)cc1)NCc1ccccc1C.I. The molecule has 2 N–H and O–H groups in total. The molecule has 0 saturated carbocycles. The van der Waals surface area contributed by atoms with Crippen LogP contribution in [0.25, 0.3) is 5.69 Å². The van der Waals surface area contributed by atoms with E-state index in [1.54, 1.807) is 11.0 Å². The fourth-order valence-corrected chi connectivity index (χ4v) is 2.60. The third-order valence-electron chi connectivity index (χ3n) is 4.09. The first-order valence-electron chi connectivity index (χ1n) is 8.77. The molecule has 27 heavy (non-hydrogen) atoms. The molecule has 142 valence electrons. The van der Waals surface area contributed by atoms with Crippen molar-refractivity contribution in [3.05, 3.63) is 77.9 Å². The zero-order chi connectivity index (χ0) is 18.2. The number of aliphatic imine (C=N–C) groups is 1. The first-order valence-corrected chi connectivity index (χ1v) is 8.77. The normalized spacial score (nSPS) is 11.0. The first-order chi connectivity index (χ1) is 12.8. The van der Waals surface area contributed by atoms with Crippen molar-refractivity contribution in [1.82, 2.24) is 25.4 Å². The van der Waals surface area contributed by atoms with Crippen LogP contribution in [0.5, 0.6) is 0 Å². The van der Waals surface area contributed by atoms with Gasteiger partial charge in [-0.3, -0.25) is 0 Å². The highest BCUT2D eigenvalue weighted by molar-refractivity contribution is 14.0. The number of hydrogen-bond donors (Lipinski definition) is 2. The molecule has 0 aliphatic carbocycles. The quantitative estimate of drug-likeness (QED) is 0.325. The lowest BCUT2D eigenvalue weighted by atomic mass is 10.1. The van der Waals surface area contributed by atoms with Gasteiger partial charge in [0.15, 0.2) is 5.96 Å². The van der Waals surface area contributed by atoms with Crippen LogP contribution in [0.4, 0.5) is 0 Å². The predicted octanol–water partition coefficient (Wildman–Crippen LogP) is 3.45. The molecule has 2 aromatic carbocycles. The monoisotopic (exact) mass is 476 g/mol. The first kappa shape index (κ1) is 20.9. The Morgan fingerprint density at radius 3 is 2.52 bits per heavy atom. The standard InChI is InChI=1S/C20H24N6.HI/c1-3-22-20(24-13-18-7-5-4-6-16(18)2)23-12-17-8-10-19(11-9-17)26-15-21-14-25-26;/h4-11,14-15H,3,12-13H2,1-2H3,(H2,22,23,24);1H. The summed E-state index contributed by atoms with van der Waals surface area (Å²) in [7, 11) is 0. The van der Waals surface area contributed by atoms with Gasteiger partial charge in [-0.2, -0.15) is 5.10 Å². The molecule has 0 saturated heterocycles. The van der Waals surface area contributed by atoms with Crippen LogP contribution in [0, 0.1) is 6.92 Å². The van der Waals surface area contributed by atoms with Crippen LogP contribution in [-0.2, 0) is 13.1 Å². The topological polar surface area (TPSA) is 67.1 Å². The molecular weight excluding hydrogens is 451 g/mol. The van der Waals surface area contributed by atoms with Gasteiger partial charge in [-0.15, -0.1) is 24.0 Å². The van der Waals surface area contributed by atoms with Gasteiger partial charge >= 0.3 is 0 Å². The lowest BCUT2D eigenvalue weighted by Gasteiger charge is -2.12. The van der Waals surface area contributed by atoms with Gasteiger partial charge in [0, 0.05) is 13.1 Å². The molecule has 3 aromatic rings. The lowest BCUT2D eigenvalue weighted by molar-refractivity contribution is 0.812. The average Bonchev–Trinajstić information content (AvgIpc) is 3.20. The maximum absolute atomic E-state index is 4.68. The number of hydrogen-bond acceptors (Lipinski definition) is 3. The zero-order valence-corrected chi connectivity index (χ0v) is 17.9. The summed E-state index contributed by atoms with van der Waals surface area (Å²) >= 11 is 0. The minimum Gasteiger partial charge on any atom is -0.357 e. The number of aromatic nitrogens is 3. The van der Waals surface area contributed by atoms with Gasteiger partial charge in [-0.05, 0) is 42.7 Å². The van der Waals surface area contributed by atoms with Gasteiger partial charge in [0.2, 0.25) is 0 Å². The van der Waals surface area contributed by atoms with Crippen LogP contribution in [0.15, 0.2) is 66.2 Å². The van der Waals surface area contributed by atoms with Crippen LogP contribution in [0.1, 0.15) is 23.6 Å². The maximum Gasteiger partial charge on any atom is 0.191 e. The van der Waals surface area contributed by atoms with Gasteiger partial charge in [-0.25, -0.2) is 14.7 Å². The zero-order valence-electron chi connectivity index (χ0n) is 15.6. The van der Waals surface area contributed by atoms with Crippen molar-refractivity contribution in [3.63, 3.8) is 0 Å². The van der Waals surface area contributed by atoms with E-state index in [1.165, 1.54) is 17.5 Å². The Morgan fingerprint density at radius 1 is 1.07 bits per heavy atom. The molecule has 0 bridgehead atoms. The molecule has 0 atom stereocenters. The van der Waals surface area contributed by atoms with Gasteiger partial charge in [0.1, 0.15) is 12.7 Å². The van der Waals surface area contributed by atoms with Crippen molar-refractivity contribution in [1.29, 1.82) is 0 Å². The lowest BCUT2D eigenvalue weighted by Crippen LogP contribution is -2.36. The number of halogens is 1. The molecule has 1 aromatic heterocycles. The van der Waals surface area contributed by atoms with Crippen LogP contribution >= 0.6 is 24.0 Å². The Labute approximate surface area is 177 Å². The van der Waals surface area contributed by atoms with Crippen molar-refractivity contribution >= 4 is 29.9 Å². The number of nitrogens with zero attached hydrogens (tertiary/aromatic N) is 4. The number of nitrogens with one attached hydrogen (secondary N) is 2. The Kier molecular flexibility index (Phi) is 8.25. The second-order valence-corrected chi connectivity index (χ2v) is 5.98. The molecule has 0 radical (unpaired) electrons.